The van der Waals surface area contributed by atoms with Crippen LogP contribution >= 0.6 is 0 Å². The van der Waals surface area contributed by atoms with Gasteiger partial charge in [-0.15, -0.1) is 0 Å². The molecule has 134 valence electrons. The van der Waals surface area contributed by atoms with Gasteiger partial charge in [-0.25, -0.2) is 0 Å². The van der Waals surface area contributed by atoms with E-state index in [2.05, 4.69) is 17.1 Å². The average molecular weight is 342 g/mol. The van der Waals surface area contributed by atoms with Gasteiger partial charge in [-0.2, -0.15) is 0 Å². The van der Waals surface area contributed by atoms with Crippen LogP contribution in [0.2, 0.25) is 0 Å². The minimum atomic E-state index is -0.181. The van der Waals surface area contributed by atoms with Crippen LogP contribution in [0.1, 0.15) is 41.6 Å². The molecule has 1 saturated heterocycles. The second kappa shape index (κ2) is 8.72. The zero-order chi connectivity index (χ0) is 17.5. The molecule has 1 aliphatic heterocycles. The number of benzene rings is 1. The van der Waals surface area contributed by atoms with Crippen molar-refractivity contribution in [2.45, 2.75) is 32.7 Å². The highest BCUT2D eigenvalue weighted by Crippen LogP contribution is 2.20. The number of carbonyl (C=O) groups is 1. The average Bonchev–Trinajstić information content (AvgIpc) is 3.29. The summed E-state index contributed by atoms with van der Waals surface area (Å²) in [7, 11) is 0. The summed E-state index contributed by atoms with van der Waals surface area (Å²) in [5.74, 6) is 1.93. The van der Waals surface area contributed by atoms with Crippen molar-refractivity contribution < 1.29 is 13.9 Å². The Bertz CT molecular complexity index is 676. The van der Waals surface area contributed by atoms with Gasteiger partial charge < -0.3 is 14.5 Å². The lowest BCUT2D eigenvalue weighted by molar-refractivity contribution is 0.0917. The normalized spacial score (nSPS) is 14.6. The molecule has 0 aliphatic carbocycles. The van der Waals surface area contributed by atoms with Crippen molar-refractivity contribution in [1.29, 1.82) is 0 Å². The molecular formula is C20H26N2O3. The van der Waals surface area contributed by atoms with Crippen LogP contribution in [0.4, 0.5) is 0 Å². The number of nitrogens with zero attached hydrogens (tertiary/aromatic N) is 1. The van der Waals surface area contributed by atoms with Crippen molar-refractivity contribution >= 4 is 5.91 Å². The predicted octanol–water partition coefficient (Wildman–Crippen LogP) is 3.25. The molecule has 0 saturated carbocycles. The highest BCUT2D eigenvalue weighted by molar-refractivity contribution is 5.91. The molecule has 1 amide bonds. The molecule has 1 N–H and O–H groups in total. The molecule has 2 heterocycles. The topological polar surface area (TPSA) is 54.7 Å². The van der Waals surface area contributed by atoms with Gasteiger partial charge in [-0.05, 0) is 44.1 Å². The Hall–Kier alpha value is -2.27. The summed E-state index contributed by atoms with van der Waals surface area (Å²) in [5.41, 5.74) is 1.13. The van der Waals surface area contributed by atoms with Crippen molar-refractivity contribution in [3.63, 3.8) is 0 Å². The molecule has 1 fully saturated rings. The summed E-state index contributed by atoms with van der Waals surface area (Å²) >= 11 is 0. The van der Waals surface area contributed by atoms with Crippen LogP contribution in [-0.4, -0.2) is 37.0 Å². The minimum absolute atomic E-state index is 0.181. The van der Waals surface area contributed by atoms with Crippen molar-refractivity contribution in [2.75, 3.05) is 26.2 Å². The first-order valence-electron chi connectivity index (χ1n) is 9.06. The molecule has 5 heteroatoms. The Labute approximate surface area is 149 Å². The number of hydrogen-bond acceptors (Lipinski definition) is 4. The van der Waals surface area contributed by atoms with Gasteiger partial charge in [0.2, 0.25) is 0 Å². The van der Waals surface area contributed by atoms with E-state index >= 15 is 0 Å². The first-order chi connectivity index (χ1) is 12.3. The molecule has 1 aromatic heterocycles. The summed E-state index contributed by atoms with van der Waals surface area (Å²) in [6.07, 6.45) is 3.32. The lowest BCUT2D eigenvalue weighted by Crippen LogP contribution is -2.27. The fourth-order valence-electron chi connectivity index (χ4n) is 3.13. The van der Waals surface area contributed by atoms with Crippen LogP contribution < -0.4 is 10.1 Å². The maximum Gasteiger partial charge on any atom is 0.287 e. The summed E-state index contributed by atoms with van der Waals surface area (Å²) in [6.45, 7) is 6.06. The summed E-state index contributed by atoms with van der Waals surface area (Å²) in [6, 6.07) is 11.5. The Kier molecular flexibility index (Phi) is 6.12. The molecule has 25 heavy (non-hydrogen) atoms. The van der Waals surface area contributed by atoms with Crippen LogP contribution in [0.15, 0.2) is 40.8 Å². The highest BCUT2D eigenvalue weighted by atomic mass is 16.5. The number of hydrogen-bond donors (Lipinski definition) is 1. The van der Waals surface area contributed by atoms with Gasteiger partial charge in [-0.1, -0.05) is 25.1 Å². The maximum atomic E-state index is 12.3. The number of rotatable bonds is 8. The van der Waals surface area contributed by atoms with Gasteiger partial charge >= 0.3 is 0 Å². The van der Waals surface area contributed by atoms with Crippen LogP contribution in [0, 0.1) is 0 Å². The van der Waals surface area contributed by atoms with E-state index in [1.807, 2.05) is 36.4 Å². The fourth-order valence-corrected chi connectivity index (χ4v) is 3.13. The third kappa shape index (κ3) is 4.86. The quantitative estimate of drug-likeness (QED) is 0.748. The Balaban J connectivity index is 1.50. The van der Waals surface area contributed by atoms with E-state index in [1.165, 1.54) is 12.8 Å². The zero-order valence-electron chi connectivity index (χ0n) is 14.8. The molecular weight excluding hydrogens is 316 g/mol. The molecule has 0 radical (unpaired) electrons. The largest absolute Gasteiger partial charge is 0.492 e. The van der Waals surface area contributed by atoms with E-state index in [4.69, 9.17) is 9.15 Å². The Morgan fingerprint density at radius 1 is 1.24 bits per heavy atom. The fraction of sp³-hybridized carbons (Fsp3) is 0.450. The van der Waals surface area contributed by atoms with E-state index in [-0.39, 0.29) is 5.91 Å². The molecule has 0 spiro atoms. The van der Waals surface area contributed by atoms with Crippen LogP contribution in [0.5, 0.6) is 5.75 Å². The lowest BCUT2D eigenvalue weighted by atomic mass is 10.2. The third-order valence-electron chi connectivity index (χ3n) is 4.43. The van der Waals surface area contributed by atoms with Crippen molar-refractivity contribution in [2.24, 2.45) is 0 Å². The molecule has 1 aromatic carbocycles. The van der Waals surface area contributed by atoms with Crippen molar-refractivity contribution in [3.05, 3.63) is 53.5 Å². The minimum Gasteiger partial charge on any atom is -0.492 e. The second-order valence-electron chi connectivity index (χ2n) is 6.31. The summed E-state index contributed by atoms with van der Waals surface area (Å²) in [4.78, 5) is 14.7. The summed E-state index contributed by atoms with van der Waals surface area (Å²) < 4.78 is 11.4. The number of likely N-dealkylation sites (tertiary alicyclic amines) is 1. The number of para-hydroxylation sites is 1. The highest BCUT2D eigenvalue weighted by Gasteiger charge is 2.19. The standard InChI is InChI=1S/C20H26N2O3/c1-2-18-16(15-22-11-6-7-12-22)14-19(25-18)20(23)21-10-13-24-17-8-4-3-5-9-17/h3-5,8-9,14H,2,6-7,10-13,15H2,1H3,(H,21,23). The smallest absolute Gasteiger partial charge is 0.287 e. The van der Waals surface area contributed by atoms with Crippen LogP contribution in [0.25, 0.3) is 0 Å². The lowest BCUT2D eigenvalue weighted by Gasteiger charge is -2.13. The molecule has 5 nitrogen and oxygen atoms in total. The van der Waals surface area contributed by atoms with Crippen LogP contribution in [0.3, 0.4) is 0 Å². The van der Waals surface area contributed by atoms with Gasteiger partial charge in [-0.3, -0.25) is 9.69 Å². The molecule has 2 aromatic rings. The Morgan fingerprint density at radius 3 is 2.72 bits per heavy atom. The van der Waals surface area contributed by atoms with E-state index < -0.39 is 0 Å². The van der Waals surface area contributed by atoms with Gasteiger partial charge in [0, 0.05) is 18.5 Å². The zero-order valence-corrected chi connectivity index (χ0v) is 14.8. The number of nitrogens with one attached hydrogen (secondary N) is 1. The SMILES string of the molecule is CCc1oc(C(=O)NCCOc2ccccc2)cc1CN1CCCC1. The number of ether oxygens (including phenoxy) is 1. The van der Waals surface area contributed by atoms with Gasteiger partial charge in [0.05, 0.1) is 6.54 Å². The monoisotopic (exact) mass is 342 g/mol. The maximum absolute atomic E-state index is 12.3. The van der Waals surface area contributed by atoms with Crippen LogP contribution in [-0.2, 0) is 13.0 Å². The van der Waals surface area contributed by atoms with E-state index in [0.717, 1.165) is 43.1 Å². The summed E-state index contributed by atoms with van der Waals surface area (Å²) in [5, 5.41) is 2.86. The van der Waals surface area contributed by atoms with Crippen molar-refractivity contribution in [1.82, 2.24) is 10.2 Å². The van der Waals surface area contributed by atoms with Gasteiger partial charge in [0.15, 0.2) is 5.76 Å². The first kappa shape index (κ1) is 17.5. The molecule has 0 bridgehead atoms. The second-order valence-corrected chi connectivity index (χ2v) is 6.31. The van der Waals surface area contributed by atoms with E-state index in [9.17, 15) is 4.79 Å². The number of furan rings is 1. The molecule has 1 aliphatic rings. The number of carbonyl (C=O) groups excluding carboxylic acids is 1. The molecule has 0 atom stereocenters. The molecule has 3 rings (SSSR count). The molecule has 0 unspecified atom stereocenters. The van der Waals surface area contributed by atoms with Gasteiger partial charge in [0.1, 0.15) is 18.1 Å². The van der Waals surface area contributed by atoms with Gasteiger partial charge in [0.25, 0.3) is 5.91 Å². The van der Waals surface area contributed by atoms with Crippen molar-refractivity contribution in [3.8, 4) is 5.75 Å². The van der Waals surface area contributed by atoms with E-state index in [1.54, 1.807) is 0 Å². The Morgan fingerprint density at radius 2 is 2.00 bits per heavy atom. The number of aryl methyl sites for hydroxylation is 1. The predicted molar refractivity (Wildman–Crippen MR) is 96.9 cm³/mol. The third-order valence-corrected chi connectivity index (χ3v) is 4.43. The van der Waals surface area contributed by atoms with E-state index in [0.29, 0.717) is 18.9 Å². The number of amides is 1. The first-order valence-corrected chi connectivity index (χ1v) is 9.06.